The largest absolute Gasteiger partial charge is 0.638 e. The first-order chi connectivity index (χ1) is 21.1. The van der Waals surface area contributed by atoms with Crippen LogP contribution in [0.15, 0.2) is 97.2 Å². The minimum atomic E-state index is -1.51. The number of nitrogens with one attached hydrogen (secondary N) is 1. The van der Waals surface area contributed by atoms with Gasteiger partial charge in [-0.05, 0) is 76.9 Å². The Hall–Kier alpha value is -3.36. The molecule has 8 rings (SSSR count). The van der Waals surface area contributed by atoms with Gasteiger partial charge in [0.1, 0.15) is 11.2 Å². The molecule has 4 atom stereocenters. The summed E-state index contributed by atoms with van der Waals surface area (Å²) in [5.41, 5.74) is 3.50. The van der Waals surface area contributed by atoms with Gasteiger partial charge in [0.05, 0.1) is 17.1 Å². The van der Waals surface area contributed by atoms with Gasteiger partial charge in [-0.25, -0.2) is 4.98 Å². The van der Waals surface area contributed by atoms with Gasteiger partial charge in [0.15, 0.2) is 0 Å². The van der Waals surface area contributed by atoms with E-state index >= 15 is 0 Å². The number of rotatable bonds is 3. The summed E-state index contributed by atoms with van der Waals surface area (Å²) in [6.07, 6.45) is 3.43. The van der Waals surface area contributed by atoms with Gasteiger partial charge >= 0.3 is 7.32 Å². The maximum absolute atomic E-state index is 12.1. The van der Waals surface area contributed by atoms with Crippen LogP contribution in [-0.2, 0) is 20.5 Å². The van der Waals surface area contributed by atoms with Crippen LogP contribution in [0.1, 0.15) is 75.8 Å². The highest BCUT2D eigenvalue weighted by atomic mass is 16.7. The Labute approximate surface area is 261 Å². The molecule has 226 valence electrons. The number of nitrogens with zero attached hydrogens (tertiary/aromatic N) is 2. The van der Waals surface area contributed by atoms with E-state index in [-0.39, 0.29) is 22.8 Å². The lowest BCUT2D eigenvalue weighted by atomic mass is 9.43. The van der Waals surface area contributed by atoms with E-state index in [1.165, 1.54) is 5.56 Å². The summed E-state index contributed by atoms with van der Waals surface area (Å²) in [5, 5.41) is 16.1. The molecule has 2 N–H and O–H groups in total. The van der Waals surface area contributed by atoms with E-state index < -0.39 is 18.5 Å². The predicted octanol–water partition coefficient (Wildman–Crippen LogP) is 6.84. The van der Waals surface area contributed by atoms with Crippen LogP contribution in [0.25, 0.3) is 11.4 Å². The van der Waals surface area contributed by atoms with E-state index in [1.807, 2.05) is 54.6 Å². The SMILES string of the molecule is CC(C)(C)[C@@H]1NCC[C@@]2(OB(O)OC1(c1ccccc1)c1ccccc1)c1nc(-c3ccccn3)ccc1[C@H]1C[C@@H]2C1(C)C. The van der Waals surface area contributed by atoms with Gasteiger partial charge in [0, 0.05) is 12.2 Å². The molecule has 2 aromatic carbocycles. The smallest absolute Gasteiger partial charge is 0.402 e. The van der Waals surface area contributed by atoms with Crippen molar-refractivity contribution in [3.8, 4) is 11.4 Å². The average molecular weight is 588 g/mol. The molecular formula is C37H42BN3O3. The number of pyridine rings is 2. The molecule has 3 heterocycles. The lowest BCUT2D eigenvalue weighted by Crippen LogP contribution is -2.62. The molecule has 1 aliphatic heterocycles. The first-order valence-electron chi connectivity index (χ1n) is 15.9. The number of benzene rings is 2. The standard InChI is InChI=1S/C37H42BN3O3/c1-34(2,3)33-37(25-14-8-6-9-15-25,26-16-10-7-11-17-26)44-38(42)43-36(21-23-40-33)31-24-28(35(31,4)5)27-19-20-30(41-32(27)36)29-18-12-13-22-39-29/h6-20,22,28,31,33,40,42H,21,23-24H2,1-5H3/t28-,31-,33+,36+/m1/s1. The Bertz CT molecular complexity index is 1590. The van der Waals surface area contributed by atoms with Crippen molar-refractivity contribution in [1.29, 1.82) is 0 Å². The molecule has 4 aromatic rings. The topological polar surface area (TPSA) is 76.5 Å². The van der Waals surface area contributed by atoms with Crippen molar-refractivity contribution in [2.24, 2.45) is 16.7 Å². The van der Waals surface area contributed by atoms with Crippen molar-refractivity contribution < 1.29 is 14.3 Å². The molecule has 44 heavy (non-hydrogen) atoms. The van der Waals surface area contributed by atoms with Gasteiger partial charge in [-0.2, -0.15) is 0 Å². The summed E-state index contributed by atoms with van der Waals surface area (Å²) in [6.45, 7) is 12.0. The second kappa shape index (κ2) is 10.6. The Morgan fingerprint density at radius 1 is 0.841 bits per heavy atom. The summed E-state index contributed by atoms with van der Waals surface area (Å²) in [7, 11) is -1.51. The zero-order chi connectivity index (χ0) is 30.7. The fourth-order valence-electron chi connectivity index (χ4n) is 8.55. The van der Waals surface area contributed by atoms with Crippen LogP contribution in [0, 0.1) is 16.7 Å². The highest BCUT2D eigenvalue weighted by Crippen LogP contribution is 2.69. The van der Waals surface area contributed by atoms with E-state index in [4.69, 9.17) is 14.3 Å². The normalized spacial score (nSPS) is 27.4. The lowest BCUT2D eigenvalue weighted by molar-refractivity contribution is -0.167. The van der Waals surface area contributed by atoms with E-state index in [0.717, 1.165) is 34.6 Å². The highest BCUT2D eigenvalue weighted by molar-refractivity contribution is 6.35. The summed E-state index contributed by atoms with van der Waals surface area (Å²) in [5.74, 6) is 0.545. The van der Waals surface area contributed by atoms with Crippen molar-refractivity contribution in [3.63, 3.8) is 0 Å². The molecular weight excluding hydrogens is 545 g/mol. The van der Waals surface area contributed by atoms with E-state index in [2.05, 4.69) is 81.3 Å². The van der Waals surface area contributed by atoms with Gasteiger partial charge in [-0.15, -0.1) is 0 Å². The zero-order valence-electron chi connectivity index (χ0n) is 26.3. The average Bonchev–Trinajstić information content (AvgIpc) is 3.08. The highest BCUT2D eigenvalue weighted by Gasteiger charge is 2.66. The molecule has 4 aliphatic rings. The first-order valence-corrected chi connectivity index (χ1v) is 15.9. The van der Waals surface area contributed by atoms with Crippen molar-refractivity contribution in [1.82, 2.24) is 15.3 Å². The second-order valence-electron chi connectivity index (χ2n) is 14.4. The molecule has 1 saturated heterocycles. The number of hydrogen-bond donors (Lipinski definition) is 2. The Morgan fingerprint density at radius 3 is 2.09 bits per heavy atom. The number of hydrogen-bond acceptors (Lipinski definition) is 6. The van der Waals surface area contributed by atoms with Gasteiger partial charge in [0.2, 0.25) is 0 Å². The van der Waals surface area contributed by atoms with Crippen LogP contribution in [0.3, 0.4) is 0 Å². The minimum absolute atomic E-state index is 0.0195. The molecule has 2 aromatic heterocycles. The maximum Gasteiger partial charge on any atom is 0.638 e. The van der Waals surface area contributed by atoms with Gasteiger partial charge in [-0.3, -0.25) is 4.98 Å². The van der Waals surface area contributed by atoms with Crippen LogP contribution in [0.4, 0.5) is 0 Å². The van der Waals surface area contributed by atoms with Crippen LogP contribution in [0.2, 0.25) is 0 Å². The van der Waals surface area contributed by atoms with E-state index in [1.54, 1.807) is 6.20 Å². The second-order valence-corrected chi connectivity index (χ2v) is 14.4. The molecule has 2 fully saturated rings. The monoisotopic (exact) mass is 587 g/mol. The van der Waals surface area contributed by atoms with E-state index in [0.29, 0.717) is 18.9 Å². The lowest BCUT2D eigenvalue weighted by Gasteiger charge is -2.64. The molecule has 1 spiro atoms. The zero-order valence-corrected chi connectivity index (χ0v) is 26.3. The van der Waals surface area contributed by atoms with Crippen LogP contribution < -0.4 is 5.32 Å². The molecule has 0 unspecified atom stereocenters. The third-order valence-electron chi connectivity index (χ3n) is 10.6. The molecule has 7 heteroatoms. The Balaban J connectivity index is 1.40. The molecule has 1 saturated carbocycles. The third-order valence-corrected chi connectivity index (χ3v) is 10.6. The molecule has 0 radical (unpaired) electrons. The third kappa shape index (κ3) is 4.47. The van der Waals surface area contributed by atoms with Gasteiger partial charge in [0.25, 0.3) is 0 Å². The molecule has 6 nitrogen and oxygen atoms in total. The van der Waals surface area contributed by atoms with Crippen LogP contribution in [0.5, 0.6) is 0 Å². The fraction of sp³-hybridized carbons (Fsp3) is 0.405. The Kier molecular flexibility index (Phi) is 7.09. The molecule has 3 aliphatic carbocycles. The summed E-state index contributed by atoms with van der Waals surface area (Å²) < 4.78 is 14.0. The van der Waals surface area contributed by atoms with Crippen LogP contribution in [-0.4, -0.2) is 34.9 Å². The van der Waals surface area contributed by atoms with Crippen molar-refractivity contribution in [2.75, 3.05) is 6.54 Å². The fourth-order valence-corrected chi connectivity index (χ4v) is 8.55. The molecule has 0 amide bonds. The maximum atomic E-state index is 12.1. The summed E-state index contributed by atoms with van der Waals surface area (Å²) >= 11 is 0. The van der Waals surface area contributed by atoms with Gasteiger partial charge < -0.3 is 19.6 Å². The number of aromatic nitrogens is 2. The van der Waals surface area contributed by atoms with Crippen LogP contribution >= 0.6 is 0 Å². The summed E-state index contributed by atoms with van der Waals surface area (Å²) in [4.78, 5) is 9.87. The quantitative estimate of drug-likeness (QED) is 0.256. The van der Waals surface area contributed by atoms with Crippen molar-refractivity contribution >= 4 is 7.32 Å². The minimum Gasteiger partial charge on any atom is -0.402 e. The van der Waals surface area contributed by atoms with Crippen molar-refractivity contribution in [2.45, 2.75) is 70.6 Å². The van der Waals surface area contributed by atoms with Gasteiger partial charge in [-0.1, -0.05) is 107 Å². The predicted molar refractivity (Wildman–Crippen MR) is 173 cm³/mol. The van der Waals surface area contributed by atoms with Crippen molar-refractivity contribution in [3.05, 3.63) is 120 Å². The van der Waals surface area contributed by atoms with E-state index in [9.17, 15) is 5.02 Å². The first kappa shape index (κ1) is 29.4. The summed E-state index contributed by atoms with van der Waals surface area (Å²) in [6, 6.07) is 30.5. The Morgan fingerprint density at radius 2 is 1.50 bits per heavy atom. The molecule has 2 bridgehead atoms.